The van der Waals surface area contributed by atoms with Crippen LogP contribution in [0.3, 0.4) is 0 Å². The summed E-state index contributed by atoms with van der Waals surface area (Å²) in [6.45, 7) is 0. The Labute approximate surface area is 146 Å². The molecule has 0 aromatic heterocycles. The fraction of sp³-hybridized carbons (Fsp3) is 0.143. The number of hydrogen-bond donors (Lipinski definition) is 2. The Morgan fingerprint density at radius 1 is 0.920 bits per heavy atom. The van der Waals surface area contributed by atoms with E-state index in [2.05, 4.69) is 0 Å². The first kappa shape index (κ1) is 18.4. The molecule has 0 amide bonds. The van der Waals surface area contributed by atoms with Crippen molar-refractivity contribution in [1.82, 2.24) is 0 Å². The molecule has 0 saturated heterocycles. The molecule has 4 heteroatoms. The minimum atomic E-state index is -1.18. The van der Waals surface area contributed by atoms with E-state index in [4.69, 9.17) is 5.11 Å². The number of allylic oxidation sites excluding steroid dienone is 2. The number of benzene rings is 2. The van der Waals surface area contributed by atoms with Crippen molar-refractivity contribution in [2.75, 3.05) is 0 Å². The lowest BCUT2D eigenvalue weighted by Crippen LogP contribution is -2.14. The van der Waals surface area contributed by atoms with Crippen LogP contribution in [0, 0.1) is 0 Å². The molecule has 0 saturated carbocycles. The number of carboxylic acid groups (broad SMARTS) is 1. The van der Waals surface area contributed by atoms with Crippen molar-refractivity contribution < 1.29 is 19.8 Å². The molecule has 2 aromatic rings. The number of aliphatic hydroxyl groups is 1. The summed E-state index contributed by atoms with van der Waals surface area (Å²) >= 11 is 0. The van der Waals surface area contributed by atoms with Gasteiger partial charge in [-0.15, -0.1) is 0 Å². The second kappa shape index (κ2) is 9.35. The van der Waals surface area contributed by atoms with E-state index >= 15 is 0 Å². The third-order valence-corrected chi connectivity index (χ3v) is 3.55. The summed E-state index contributed by atoms with van der Waals surface area (Å²) in [5.41, 5.74) is 3.06. The first-order chi connectivity index (χ1) is 12.1. The van der Waals surface area contributed by atoms with Gasteiger partial charge in [-0.25, -0.2) is 0 Å². The van der Waals surface area contributed by atoms with E-state index in [0.29, 0.717) is 0 Å². The van der Waals surface area contributed by atoms with Crippen molar-refractivity contribution in [3.63, 3.8) is 0 Å². The molecule has 128 valence electrons. The molecule has 25 heavy (non-hydrogen) atoms. The molecule has 0 aliphatic carbocycles. The number of carbonyl (C=O) groups excluding carboxylic acids is 1. The van der Waals surface area contributed by atoms with Gasteiger partial charge in [0.05, 0.1) is 6.10 Å². The van der Waals surface area contributed by atoms with Crippen LogP contribution in [0.1, 0.15) is 24.0 Å². The standard InChI is InChI=1S/C21H20O4/c22-18(14-19(23)15-21(24)25)12-7-13-20(16-8-3-1-4-9-16)17-10-5-2-6-11-17/h1-13,18,22H,14-15H2,(H,24,25). The lowest BCUT2D eigenvalue weighted by atomic mass is 9.97. The summed E-state index contributed by atoms with van der Waals surface area (Å²) in [4.78, 5) is 21.9. The van der Waals surface area contributed by atoms with Gasteiger partial charge in [-0.3, -0.25) is 9.59 Å². The largest absolute Gasteiger partial charge is 0.481 e. The Morgan fingerprint density at radius 3 is 1.92 bits per heavy atom. The van der Waals surface area contributed by atoms with Crippen LogP contribution >= 0.6 is 0 Å². The number of rotatable bonds is 8. The van der Waals surface area contributed by atoms with Crippen molar-refractivity contribution in [2.45, 2.75) is 18.9 Å². The number of hydrogen-bond acceptors (Lipinski definition) is 3. The predicted molar refractivity (Wildman–Crippen MR) is 97.0 cm³/mol. The van der Waals surface area contributed by atoms with Crippen LogP contribution < -0.4 is 0 Å². The zero-order valence-electron chi connectivity index (χ0n) is 13.7. The molecule has 2 N–H and O–H groups in total. The molecular formula is C21H20O4. The fourth-order valence-electron chi connectivity index (χ4n) is 2.42. The van der Waals surface area contributed by atoms with E-state index in [1.807, 2.05) is 66.7 Å². The van der Waals surface area contributed by atoms with Gasteiger partial charge in [-0.2, -0.15) is 0 Å². The number of Topliss-reactive ketones (excluding diaryl/α,β-unsaturated/α-hetero) is 1. The lowest BCUT2D eigenvalue weighted by Gasteiger charge is -2.08. The van der Waals surface area contributed by atoms with E-state index in [-0.39, 0.29) is 6.42 Å². The average Bonchev–Trinajstić information content (AvgIpc) is 2.59. The second-order valence-electron chi connectivity index (χ2n) is 5.58. The highest BCUT2D eigenvalue weighted by atomic mass is 16.4. The topological polar surface area (TPSA) is 74.6 Å². The number of carbonyl (C=O) groups is 2. The number of aliphatic carboxylic acids is 1. The Hall–Kier alpha value is -2.98. The molecule has 0 fully saturated rings. The number of carboxylic acids is 1. The minimum absolute atomic E-state index is 0.206. The first-order valence-corrected chi connectivity index (χ1v) is 7.97. The molecule has 0 aliphatic heterocycles. The summed E-state index contributed by atoms with van der Waals surface area (Å²) in [5.74, 6) is -1.68. The van der Waals surface area contributed by atoms with E-state index in [1.165, 1.54) is 6.08 Å². The molecule has 2 rings (SSSR count). The van der Waals surface area contributed by atoms with Crippen molar-refractivity contribution in [2.24, 2.45) is 0 Å². The van der Waals surface area contributed by atoms with Crippen LogP contribution in [-0.4, -0.2) is 28.1 Å². The Balaban J connectivity index is 2.15. The van der Waals surface area contributed by atoms with Crippen molar-refractivity contribution in [1.29, 1.82) is 0 Å². The van der Waals surface area contributed by atoms with E-state index < -0.39 is 24.3 Å². The highest BCUT2D eigenvalue weighted by molar-refractivity contribution is 5.95. The van der Waals surface area contributed by atoms with Crippen LogP contribution in [0.2, 0.25) is 0 Å². The Morgan fingerprint density at radius 2 is 1.44 bits per heavy atom. The third-order valence-electron chi connectivity index (χ3n) is 3.55. The van der Waals surface area contributed by atoms with Gasteiger partial charge in [-0.1, -0.05) is 78.9 Å². The van der Waals surface area contributed by atoms with Crippen LogP contribution in [-0.2, 0) is 9.59 Å². The van der Waals surface area contributed by atoms with Gasteiger partial charge < -0.3 is 10.2 Å². The quantitative estimate of drug-likeness (QED) is 0.572. The highest BCUT2D eigenvalue weighted by Gasteiger charge is 2.11. The molecule has 0 aliphatic rings. The van der Waals surface area contributed by atoms with Gasteiger partial charge in [0.25, 0.3) is 0 Å². The van der Waals surface area contributed by atoms with Crippen molar-refractivity contribution in [3.05, 3.63) is 90.0 Å². The van der Waals surface area contributed by atoms with Gasteiger partial charge in [0.1, 0.15) is 12.2 Å². The monoisotopic (exact) mass is 336 g/mol. The van der Waals surface area contributed by atoms with Crippen molar-refractivity contribution >= 4 is 17.3 Å². The third kappa shape index (κ3) is 6.20. The first-order valence-electron chi connectivity index (χ1n) is 7.97. The molecule has 4 nitrogen and oxygen atoms in total. The molecule has 0 spiro atoms. The summed E-state index contributed by atoms with van der Waals surface area (Å²) in [5, 5.41) is 18.4. The molecular weight excluding hydrogens is 316 g/mol. The predicted octanol–water partition coefficient (Wildman–Crippen LogP) is 3.47. The lowest BCUT2D eigenvalue weighted by molar-refractivity contribution is -0.140. The second-order valence-corrected chi connectivity index (χ2v) is 5.58. The Kier molecular flexibility index (Phi) is 6.87. The summed E-state index contributed by atoms with van der Waals surface area (Å²) < 4.78 is 0. The van der Waals surface area contributed by atoms with Gasteiger partial charge in [0, 0.05) is 6.42 Å². The molecule has 0 radical (unpaired) electrons. The van der Waals surface area contributed by atoms with E-state index in [1.54, 1.807) is 6.08 Å². The molecule has 2 aromatic carbocycles. The van der Waals surface area contributed by atoms with Crippen LogP contribution in [0.4, 0.5) is 0 Å². The average molecular weight is 336 g/mol. The van der Waals surface area contributed by atoms with Crippen LogP contribution in [0.5, 0.6) is 0 Å². The number of ketones is 1. The maximum atomic E-state index is 11.4. The van der Waals surface area contributed by atoms with Gasteiger partial charge in [-0.05, 0) is 16.7 Å². The summed E-state index contributed by atoms with van der Waals surface area (Å²) in [6.07, 6.45) is 3.27. The molecule has 1 unspecified atom stereocenters. The minimum Gasteiger partial charge on any atom is -0.481 e. The van der Waals surface area contributed by atoms with Crippen LogP contribution in [0.15, 0.2) is 78.9 Å². The molecule has 0 heterocycles. The molecule has 0 bridgehead atoms. The zero-order valence-corrected chi connectivity index (χ0v) is 13.7. The fourth-order valence-corrected chi connectivity index (χ4v) is 2.42. The Bertz CT molecular complexity index is 719. The summed E-state index contributed by atoms with van der Waals surface area (Å²) in [7, 11) is 0. The highest BCUT2D eigenvalue weighted by Crippen LogP contribution is 2.23. The van der Waals surface area contributed by atoms with Crippen LogP contribution in [0.25, 0.3) is 5.57 Å². The zero-order chi connectivity index (χ0) is 18.1. The van der Waals surface area contributed by atoms with Gasteiger partial charge >= 0.3 is 5.97 Å². The van der Waals surface area contributed by atoms with Gasteiger partial charge in [0.2, 0.25) is 0 Å². The smallest absolute Gasteiger partial charge is 0.310 e. The SMILES string of the molecule is O=C(O)CC(=O)CC(O)C=CC=C(c1ccccc1)c1ccccc1. The van der Waals surface area contributed by atoms with E-state index in [9.17, 15) is 14.7 Å². The van der Waals surface area contributed by atoms with Gasteiger partial charge in [0.15, 0.2) is 0 Å². The molecule has 1 atom stereocenters. The van der Waals surface area contributed by atoms with Crippen molar-refractivity contribution in [3.8, 4) is 0 Å². The summed E-state index contributed by atoms with van der Waals surface area (Å²) in [6, 6.07) is 19.7. The maximum absolute atomic E-state index is 11.4. The normalized spacial score (nSPS) is 11.9. The van der Waals surface area contributed by atoms with E-state index in [0.717, 1.165) is 16.7 Å². The number of aliphatic hydroxyl groups excluding tert-OH is 1. The maximum Gasteiger partial charge on any atom is 0.310 e.